The molecular weight excluding hydrogens is 324 g/mol. The first-order valence-electron chi connectivity index (χ1n) is 8.54. The largest absolute Gasteiger partial charge is 0.400 e. The van der Waals surface area contributed by atoms with E-state index < -0.39 is 8.32 Å². The van der Waals surface area contributed by atoms with Gasteiger partial charge in [-0.25, -0.2) is 0 Å². The Labute approximate surface area is 152 Å². The predicted molar refractivity (Wildman–Crippen MR) is 107 cm³/mol. The van der Waals surface area contributed by atoms with E-state index in [2.05, 4.69) is 57.3 Å². The highest BCUT2D eigenvalue weighted by molar-refractivity contribution is 6.99. The molecule has 2 nitrogen and oxygen atoms in total. The van der Waals surface area contributed by atoms with Gasteiger partial charge >= 0.3 is 0 Å². The van der Waals surface area contributed by atoms with Gasteiger partial charge in [-0.3, -0.25) is 0 Å². The third-order valence-electron chi connectivity index (χ3n) is 4.38. The summed E-state index contributed by atoms with van der Waals surface area (Å²) in [5.41, 5.74) is 2.79. The fourth-order valence-corrected chi connectivity index (χ4v) is 7.93. The number of carbonyl (C=O) groups is 1. The van der Waals surface area contributed by atoms with E-state index in [1.54, 1.807) is 6.08 Å². The van der Waals surface area contributed by atoms with Crippen LogP contribution < -0.4 is 10.4 Å². The molecule has 0 saturated carbocycles. The second-order valence-corrected chi connectivity index (χ2v) is 11.3. The van der Waals surface area contributed by atoms with E-state index in [4.69, 9.17) is 4.43 Å². The van der Waals surface area contributed by atoms with Crippen LogP contribution >= 0.6 is 0 Å². The molecule has 0 N–H and O–H groups in total. The van der Waals surface area contributed by atoms with Crippen molar-refractivity contribution in [1.29, 1.82) is 0 Å². The normalized spacial score (nSPS) is 12.9. The molecule has 0 aromatic heterocycles. The Kier molecular flexibility index (Phi) is 6.32. The Bertz CT molecular complexity index is 686. The van der Waals surface area contributed by atoms with Crippen LogP contribution in [0.15, 0.2) is 79.0 Å². The van der Waals surface area contributed by atoms with Gasteiger partial charge in [-0.05, 0) is 21.5 Å². The molecule has 0 bridgehead atoms. The number of hydrogen-bond acceptors (Lipinski definition) is 2. The number of carbonyl (C=O) groups excluding carboxylic acids is 1. The lowest BCUT2D eigenvalue weighted by molar-refractivity contribution is -0.108. The molecule has 2 aromatic carbocycles. The van der Waals surface area contributed by atoms with Crippen LogP contribution in [0.5, 0.6) is 0 Å². The molecule has 0 amide bonds. The molecule has 0 spiro atoms. The zero-order valence-electron chi connectivity index (χ0n) is 15.2. The third-order valence-corrected chi connectivity index (χ3v) is 9.44. The van der Waals surface area contributed by atoms with E-state index in [0.717, 1.165) is 6.29 Å². The first kappa shape index (κ1) is 19.1. The van der Waals surface area contributed by atoms with Gasteiger partial charge in [0.25, 0.3) is 8.32 Å². The van der Waals surface area contributed by atoms with Crippen molar-refractivity contribution < 1.29 is 9.22 Å². The van der Waals surface area contributed by atoms with Crippen LogP contribution in [0.1, 0.15) is 27.2 Å². The van der Waals surface area contributed by atoms with Gasteiger partial charge in [-0.15, -0.1) is 5.73 Å². The molecular formula is C22H26O2Si. The van der Waals surface area contributed by atoms with Crippen LogP contribution in [-0.4, -0.2) is 20.7 Å². The Hall–Kier alpha value is -2.19. The molecule has 3 heteroatoms. The van der Waals surface area contributed by atoms with Gasteiger partial charge in [0, 0.05) is 6.42 Å². The summed E-state index contributed by atoms with van der Waals surface area (Å²) in [5, 5.41) is 2.27. The molecule has 2 rings (SSSR count). The summed E-state index contributed by atoms with van der Waals surface area (Å²) in [6.07, 6.45) is 2.62. The quantitative estimate of drug-likeness (QED) is 0.430. The minimum atomic E-state index is -2.64. The van der Waals surface area contributed by atoms with Crippen LogP contribution in [-0.2, 0) is 9.22 Å². The maximum absolute atomic E-state index is 11.2. The summed E-state index contributed by atoms with van der Waals surface area (Å²) in [6.45, 7) is 10.3. The Morgan fingerprint density at radius 1 is 1.04 bits per heavy atom. The molecule has 0 unspecified atom stereocenters. The summed E-state index contributed by atoms with van der Waals surface area (Å²) in [7, 11) is -2.64. The van der Waals surface area contributed by atoms with E-state index in [-0.39, 0.29) is 11.1 Å². The van der Waals surface area contributed by atoms with Gasteiger partial charge in [-0.2, -0.15) is 0 Å². The minimum absolute atomic E-state index is 0.119. The van der Waals surface area contributed by atoms with Crippen molar-refractivity contribution in [2.75, 3.05) is 0 Å². The van der Waals surface area contributed by atoms with Crippen molar-refractivity contribution in [1.82, 2.24) is 0 Å². The number of benzene rings is 2. The van der Waals surface area contributed by atoms with Crippen molar-refractivity contribution in [3.8, 4) is 0 Å². The van der Waals surface area contributed by atoms with Crippen LogP contribution in [0.25, 0.3) is 0 Å². The molecule has 0 aliphatic heterocycles. The van der Waals surface area contributed by atoms with Crippen LogP contribution in [0, 0.1) is 0 Å². The summed E-state index contributed by atoms with van der Waals surface area (Å²) < 4.78 is 6.81. The zero-order valence-corrected chi connectivity index (χ0v) is 16.2. The lowest BCUT2D eigenvalue weighted by Gasteiger charge is -2.44. The average Bonchev–Trinajstić information content (AvgIpc) is 2.60. The molecule has 0 aliphatic rings. The first-order valence-corrected chi connectivity index (χ1v) is 10.4. The van der Waals surface area contributed by atoms with Crippen LogP contribution in [0.3, 0.4) is 0 Å². The molecule has 1 atom stereocenters. The lowest BCUT2D eigenvalue weighted by atomic mass is 10.2. The van der Waals surface area contributed by atoms with Crippen molar-refractivity contribution in [3.63, 3.8) is 0 Å². The van der Waals surface area contributed by atoms with Crippen molar-refractivity contribution >= 4 is 25.0 Å². The predicted octanol–water partition coefficient (Wildman–Crippen LogP) is 3.86. The van der Waals surface area contributed by atoms with E-state index >= 15 is 0 Å². The van der Waals surface area contributed by atoms with E-state index in [1.165, 1.54) is 10.4 Å². The maximum atomic E-state index is 11.2. The van der Waals surface area contributed by atoms with Crippen LogP contribution in [0.4, 0.5) is 0 Å². The highest BCUT2D eigenvalue weighted by Crippen LogP contribution is 2.37. The smallest absolute Gasteiger partial charge is 0.261 e. The van der Waals surface area contributed by atoms with E-state index in [9.17, 15) is 4.79 Å². The Morgan fingerprint density at radius 2 is 1.52 bits per heavy atom. The maximum Gasteiger partial charge on any atom is 0.261 e. The van der Waals surface area contributed by atoms with Crippen molar-refractivity contribution in [2.24, 2.45) is 0 Å². The van der Waals surface area contributed by atoms with Gasteiger partial charge in [0.05, 0.1) is 6.10 Å². The summed E-state index contributed by atoms with van der Waals surface area (Å²) >= 11 is 0. The van der Waals surface area contributed by atoms with Gasteiger partial charge < -0.3 is 9.22 Å². The number of aldehydes is 1. The monoisotopic (exact) mass is 350 g/mol. The standard InChI is InChI=1S/C22H26O2Si/c1-5-12-19(17-18-23)24-25(22(2,3)4,20-13-8-6-9-14-20)21-15-10-7-11-16-21/h6-16,18-19H,1,17H2,2-4H3/t19-/m1/s1. The molecule has 25 heavy (non-hydrogen) atoms. The van der Waals surface area contributed by atoms with Crippen LogP contribution in [0.2, 0.25) is 5.04 Å². The molecule has 0 heterocycles. The third kappa shape index (κ3) is 4.08. The highest BCUT2D eigenvalue weighted by Gasteiger charge is 2.51. The zero-order chi connectivity index (χ0) is 18.3. The Morgan fingerprint density at radius 3 is 1.88 bits per heavy atom. The molecule has 0 radical (unpaired) electrons. The molecule has 130 valence electrons. The fraction of sp³-hybridized carbons (Fsp3) is 0.273. The van der Waals surface area contributed by atoms with Gasteiger partial charge in [0.1, 0.15) is 6.29 Å². The van der Waals surface area contributed by atoms with Gasteiger partial charge in [0.2, 0.25) is 0 Å². The van der Waals surface area contributed by atoms with Gasteiger partial charge in [0.15, 0.2) is 0 Å². The molecule has 0 saturated heterocycles. The lowest BCUT2D eigenvalue weighted by Crippen LogP contribution is -2.67. The summed E-state index contributed by atoms with van der Waals surface area (Å²) in [4.78, 5) is 11.2. The number of hydrogen-bond donors (Lipinski definition) is 0. The Balaban J connectivity index is 2.72. The topological polar surface area (TPSA) is 26.3 Å². The SMILES string of the molecule is C=C=C[C@H](CC=O)O[Si](c1ccccc1)(c1ccccc1)C(C)(C)C. The van der Waals surface area contributed by atoms with Crippen molar-refractivity contribution in [2.45, 2.75) is 38.3 Å². The summed E-state index contributed by atoms with van der Waals surface area (Å²) in [6, 6.07) is 20.8. The average molecular weight is 351 g/mol. The second-order valence-electron chi connectivity index (χ2n) is 7.09. The van der Waals surface area contributed by atoms with Gasteiger partial charge in [-0.1, -0.05) is 88.0 Å². The van der Waals surface area contributed by atoms with Crippen molar-refractivity contribution in [3.05, 3.63) is 79.0 Å². The highest BCUT2D eigenvalue weighted by atomic mass is 28.4. The number of rotatable bonds is 7. The minimum Gasteiger partial charge on any atom is -0.400 e. The molecule has 2 aromatic rings. The second kappa shape index (κ2) is 8.26. The van der Waals surface area contributed by atoms with E-state index in [0.29, 0.717) is 6.42 Å². The summed E-state index contributed by atoms with van der Waals surface area (Å²) in [5.74, 6) is 0. The van der Waals surface area contributed by atoms with E-state index in [1.807, 2.05) is 36.4 Å². The molecule has 0 aliphatic carbocycles. The first-order chi connectivity index (χ1) is 12.0. The fourth-order valence-electron chi connectivity index (χ4n) is 3.29. The molecule has 0 fully saturated rings.